The van der Waals surface area contributed by atoms with Gasteiger partial charge in [0.2, 0.25) is 0 Å². The molecule has 0 radical (unpaired) electrons. The Labute approximate surface area is 165 Å². The highest BCUT2D eigenvalue weighted by Gasteiger charge is 2.25. The summed E-state index contributed by atoms with van der Waals surface area (Å²) < 4.78 is 5.30. The fourth-order valence-electron chi connectivity index (χ4n) is 3.22. The SMILES string of the molecule is CC(=O)c1c(C)[nH]c(C(=O)O[C@@H](C)C(=O)N[C@H](C)CCc2ccccc2)c1C. The molecule has 1 aromatic carbocycles. The number of rotatable bonds is 8. The summed E-state index contributed by atoms with van der Waals surface area (Å²) in [5.74, 6) is -1.11. The van der Waals surface area contributed by atoms with Crippen molar-refractivity contribution in [2.45, 2.75) is 59.6 Å². The molecule has 0 aliphatic carbocycles. The van der Waals surface area contributed by atoms with Crippen LogP contribution in [0.3, 0.4) is 0 Å². The van der Waals surface area contributed by atoms with E-state index in [0.29, 0.717) is 16.8 Å². The molecular formula is C22H28N2O4. The minimum atomic E-state index is -0.935. The van der Waals surface area contributed by atoms with E-state index < -0.39 is 12.1 Å². The highest BCUT2D eigenvalue weighted by molar-refractivity contribution is 6.01. The Morgan fingerprint density at radius 3 is 2.32 bits per heavy atom. The number of aryl methyl sites for hydroxylation is 2. The molecule has 2 N–H and O–H groups in total. The number of ketones is 1. The maximum Gasteiger partial charge on any atom is 0.355 e. The molecule has 1 heterocycles. The number of carbonyl (C=O) groups is 3. The summed E-state index contributed by atoms with van der Waals surface area (Å²) in [6, 6.07) is 10.00. The number of ether oxygens (including phenoxy) is 1. The predicted molar refractivity (Wildman–Crippen MR) is 108 cm³/mol. The van der Waals surface area contributed by atoms with Gasteiger partial charge in [0.15, 0.2) is 11.9 Å². The van der Waals surface area contributed by atoms with E-state index in [1.807, 2.05) is 25.1 Å². The molecule has 0 saturated carbocycles. The summed E-state index contributed by atoms with van der Waals surface area (Å²) in [5.41, 5.74) is 3.06. The third kappa shape index (κ3) is 5.31. The Hall–Kier alpha value is -2.89. The molecule has 150 valence electrons. The zero-order chi connectivity index (χ0) is 20.8. The molecule has 0 bridgehead atoms. The average Bonchev–Trinajstić information content (AvgIpc) is 2.95. The highest BCUT2D eigenvalue weighted by Crippen LogP contribution is 2.19. The van der Waals surface area contributed by atoms with E-state index in [1.54, 1.807) is 13.8 Å². The van der Waals surface area contributed by atoms with Crippen LogP contribution >= 0.6 is 0 Å². The van der Waals surface area contributed by atoms with Gasteiger partial charge in [0.25, 0.3) is 5.91 Å². The number of nitrogens with one attached hydrogen (secondary N) is 2. The highest BCUT2D eigenvalue weighted by atomic mass is 16.5. The number of Topliss-reactive ketones (excluding diaryl/α,β-unsaturated/α-hetero) is 1. The van der Waals surface area contributed by atoms with E-state index in [1.165, 1.54) is 19.4 Å². The lowest BCUT2D eigenvalue weighted by Crippen LogP contribution is -2.41. The fourth-order valence-corrected chi connectivity index (χ4v) is 3.22. The molecule has 0 aliphatic heterocycles. The number of benzene rings is 1. The molecular weight excluding hydrogens is 356 g/mol. The third-order valence-corrected chi connectivity index (χ3v) is 4.74. The Morgan fingerprint density at radius 1 is 1.11 bits per heavy atom. The molecule has 0 spiro atoms. The number of aromatic nitrogens is 1. The average molecular weight is 384 g/mol. The minimum Gasteiger partial charge on any atom is -0.448 e. The van der Waals surface area contributed by atoms with E-state index in [2.05, 4.69) is 22.4 Å². The minimum absolute atomic E-state index is 0.0485. The first-order valence-electron chi connectivity index (χ1n) is 9.46. The van der Waals surface area contributed by atoms with Gasteiger partial charge >= 0.3 is 5.97 Å². The molecule has 2 rings (SSSR count). The van der Waals surface area contributed by atoms with E-state index in [0.717, 1.165) is 12.8 Å². The van der Waals surface area contributed by atoms with Crippen molar-refractivity contribution in [3.63, 3.8) is 0 Å². The van der Waals surface area contributed by atoms with Gasteiger partial charge in [-0.2, -0.15) is 0 Å². The van der Waals surface area contributed by atoms with Crippen LogP contribution < -0.4 is 5.32 Å². The van der Waals surface area contributed by atoms with Crippen molar-refractivity contribution in [3.8, 4) is 0 Å². The van der Waals surface area contributed by atoms with Gasteiger partial charge in [-0.1, -0.05) is 30.3 Å². The van der Waals surface area contributed by atoms with Crippen molar-refractivity contribution >= 4 is 17.7 Å². The van der Waals surface area contributed by atoms with Crippen LogP contribution in [0.15, 0.2) is 30.3 Å². The monoisotopic (exact) mass is 384 g/mol. The van der Waals surface area contributed by atoms with Crippen LogP contribution in [0.1, 0.15) is 64.9 Å². The van der Waals surface area contributed by atoms with Crippen molar-refractivity contribution in [2.24, 2.45) is 0 Å². The number of amides is 1. The number of H-pyrrole nitrogens is 1. The second kappa shape index (κ2) is 9.35. The van der Waals surface area contributed by atoms with Crippen LogP contribution in [0, 0.1) is 13.8 Å². The lowest BCUT2D eigenvalue weighted by Gasteiger charge is -2.18. The van der Waals surface area contributed by atoms with Crippen LogP contribution in [-0.4, -0.2) is 34.8 Å². The smallest absolute Gasteiger partial charge is 0.355 e. The normalized spacial score (nSPS) is 12.9. The van der Waals surface area contributed by atoms with E-state index in [-0.39, 0.29) is 23.4 Å². The number of esters is 1. The number of aromatic amines is 1. The second-order valence-corrected chi connectivity index (χ2v) is 7.16. The molecule has 6 heteroatoms. The maximum atomic E-state index is 12.4. The topological polar surface area (TPSA) is 88.3 Å². The summed E-state index contributed by atoms with van der Waals surface area (Å²) >= 11 is 0. The first-order valence-corrected chi connectivity index (χ1v) is 9.46. The predicted octanol–water partition coefficient (Wildman–Crippen LogP) is 3.52. The number of hydrogen-bond acceptors (Lipinski definition) is 4. The van der Waals surface area contributed by atoms with Gasteiger partial charge in [-0.3, -0.25) is 9.59 Å². The van der Waals surface area contributed by atoms with Gasteiger partial charge in [0.1, 0.15) is 5.69 Å². The Kier molecular flexibility index (Phi) is 7.15. The molecule has 28 heavy (non-hydrogen) atoms. The maximum absolute atomic E-state index is 12.4. The van der Waals surface area contributed by atoms with Gasteiger partial charge in [0.05, 0.1) is 0 Å². The Morgan fingerprint density at radius 2 is 1.75 bits per heavy atom. The largest absolute Gasteiger partial charge is 0.448 e. The van der Waals surface area contributed by atoms with E-state index in [9.17, 15) is 14.4 Å². The van der Waals surface area contributed by atoms with Crippen LogP contribution in [0.25, 0.3) is 0 Å². The molecule has 6 nitrogen and oxygen atoms in total. The summed E-state index contributed by atoms with van der Waals surface area (Å²) in [4.78, 5) is 39.4. The molecule has 2 aromatic rings. The van der Waals surface area contributed by atoms with E-state index in [4.69, 9.17) is 4.74 Å². The second-order valence-electron chi connectivity index (χ2n) is 7.16. The molecule has 0 fully saturated rings. The molecule has 0 unspecified atom stereocenters. The van der Waals surface area contributed by atoms with Gasteiger partial charge in [0, 0.05) is 17.3 Å². The molecule has 1 amide bonds. The lowest BCUT2D eigenvalue weighted by molar-refractivity contribution is -0.129. The zero-order valence-corrected chi connectivity index (χ0v) is 17.1. The molecule has 1 aromatic heterocycles. The first-order chi connectivity index (χ1) is 13.2. The van der Waals surface area contributed by atoms with Crippen LogP contribution in [0.4, 0.5) is 0 Å². The molecule has 2 atom stereocenters. The van der Waals surface area contributed by atoms with Crippen molar-refractivity contribution in [1.82, 2.24) is 10.3 Å². The first kappa shape index (κ1) is 21.4. The Bertz CT molecular complexity index is 855. The number of hydrogen-bond donors (Lipinski definition) is 2. The summed E-state index contributed by atoms with van der Waals surface area (Å²) in [6.07, 6.45) is 0.703. The van der Waals surface area contributed by atoms with Crippen LogP contribution in [0.2, 0.25) is 0 Å². The lowest BCUT2D eigenvalue weighted by atomic mass is 10.1. The zero-order valence-electron chi connectivity index (χ0n) is 17.1. The fraction of sp³-hybridized carbons (Fsp3) is 0.409. The third-order valence-electron chi connectivity index (χ3n) is 4.74. The van der Waals surface area contributed by atoms with Gasteiger partial charge in [-0.25, -0.2) is 4.79 Å². The van der Waals surface area contributed by atoms with Gasteiger partial charge in [-0.15, -0.1) is 0 Å². The van der Waals surface area contributed by atoms with Crippen molar-refractivity contribution < 1.29 is 19.1 Å². The van der Waals surface area contributed by atoms with Crippen molar-refractivity contribution in [1.29, 1.82) is 0 Å². The standard InChI is InChI=1S/C22H28N2O4/c1-13(11-12-18-9-7-6-8-10-18)23-21(26)17(5)28-22(27)20-14(2)19(16(4)25)15(3)24-20/h6-10,13,17,24H,11-12H2,1-5H3,(H,23,26)/t13-,17+/m1/s1. The van der Waals surface area contributed by atoms with Crippen LogP contribution in [-0.2, 0) is 16.0 Å². The molecule has 0 saturated heterocycles. The quantitative estimate of drug-likeness (QED) is 0.538. The van der Waals surface area contributed by atoms with E-state index >= 15 is 0 Å². The van der Waals surface area contributed by atoms with Crippen molar-refractivity contribution in [2.75, 3.05) is 0 Å². The summed E-state index contributed by atoms with van der Waals surface area (Å²) in [5, 5.41) is 2.88. The molecule has 0 aliphatic rings. The van der Waals surface area contributed by atoms with Gasteiger partial charge < -0.3 is 15.0 Å². The van der Waals surface area contributed by atoms with Crippen molar-refractivity contribution in [3.05, 3.63) is 58.4 Å². The van der Waals surface area contributed by atoms with Crippen LogP contribution in [0.5, 0.6) is 0 Å². The van der Waals surface area contributed by atoms with Gasteiger partial charge in [-0.05, 0) is 58.6 Å². The summed E-state index contributed by atoms with van der Waals surface area (Å²) in [6.45, 7) is 8.32. The number of carbonyl (C=O) groups excluding carboxylic acids is 3. The Balaban J connectivity index is 1.90. The summed E-state index contributed by atoms with van der Waals surface area (Å²) in [7, 11) is 0.